The molecule has 0 aliphatic carbocycles. The van der Waals surface area contributed by atoms with Gasteiger partial charge in [-0.05, 0) is 31.6 Å². The van der Waals surface area contributed by atoms with Crippen molar-refractivity contribution in [3.63, 3.8) is 0 Å². The Balaban J connectivity index is 1.64. The molecule has 1 atom stereocenters. The van der Waals surface area contributed by atoms with Crippen LogP contribution < -0.4 is 0 Å². The van der Waals surface area contributed by atoms with Crippen molar-refractivity contribution in [2.24, 2.45) is 0 Å². The average molecular weight is 400 g/mol. The van der Waals surface area contributed by atoms with E-state index in [1.54, 1.807) is 23.3 Å². The van der Waals surface area contributed by atoms with Gasteiger partial charge in [0.05, 0.1) is 29.6 Å². The third kappa shape index (κ3) is 3.58. The fourth-order valence-corrected chi connectivity index (χ4v) is 3.31. The molecule has 0 aliphatic heterocycles. The summed E-state index contributed by atoms with van der Waals surface area (Å²) in [7, 11) is 0. The standard InChI is InChI=1S/C18H18ClN7S/c1-12-3-5-14(6-4-12)9-24-11-16(8-20-24)26-17(22-23-18(26)27)13(2)25-10-15(19)7-21-25/h3-8,10-11,13H,9H2,1-2H3,(H,23,27). The molecule has 0 saturated carbocycles. The molecule has 27 heavy (non-hydrogen) atoms. The molecule has 0 amide bonds. The highest BCUT2D eigenvalue weighted by Crippen LogP contribution is 2.21. The van der Waals surface area contributed by atoms with Crippen LogP contribution in [0.4, 0.5) is 0 Å². The Hall–Kier alpha value is -2.71. The van der Waals surface area contributed by atoms with Crippen molar-refractivity contribution in [2.45, 2.75) is 26.4 Å². The first-order valence-corrected chi connectivity index (χ1v) is 9.25. The molecule has 4 aromatic rings. The Morgan fingerprint density at radius 2 is 1.93 bits per heavy atom. The third-order valence-corrected chi connectivity index (χ3v) is 4.85. The van der Waals surface area contributed by atoms with E-state index < -0.39 is 0 Å². The molecule has 0 spiro atoms. The predicted octanol–water partition coefficient (Wildman–Crippen LogP) is 3.94. The average Bonchev–Trinajstić information content (AvgIpc) is 3.36. The summed E-state index contributed by atoms with van der Waals surface area (Å²) in [5, 5.41) is 16.6. The minimum absolute atomic E-state index is 0.147. The molecule has 0 bridgehead atoms. The molecule has 0 fully saturated rings. The van der Waals surface area contributed by atoms with Crippen molar-refractivity contribution in [3.05, 3.63) is 75.8 Å². The van der Waals surface area contributed by atoms with Gasteiger partial charge in [-0.2, -0.15) is 15.3 Å². The first-order chi connectivity index (χ1) is 13.0. The van der Waals surface area contributed by atoms with E-state index in [-0.39, 0.29) is 6.04 Å². The monoisotopic (exact) mass is 399 g/mol. The van der Waals surface area contributed by atoms with Crippen molar-refractivity contribution in [3.8, 4) is 5.69 Å². The molecule has 1 aromatic carbocycles. The van der Waals surface area contributed by atoms with Gasteiger partial charge in [-0.3, -0.25) is 19.0 Å². The summed E-state index contributed by atoms with van der Waals surface area (Å²) in [6.45, 7) is 4.75. The summed E-state index contributed by atoms with van der Waals surface area (Å²) in [5.41, 5.74) is 3.27. The van der Waals surface area contributed by atoms with Crippen LogP contribution in [-0.4, -0.2) is 34.3 Å². The van der Waals surface area contributed by atoms with Gasteiger partial charge in [0.1, 0.15) is 6.04 Å². The lowest BCUT2D eigenvalue weighted by Gasteiger charge is -2.12. The van der Waals surface area contributed by atoms with Gasteiger partial charge in [-0.1, -0.05) is 41.4 Å². The molecule has 0 aliphatic rings. The second-order valence-corrected chi connectivity index (χ2v) is 7.24. The lowest BCUT2D eigenvalue weighted by molar-refractivity contribution is 0.527. The van der Waals surface area contributed by atoms with Crippen molar-refractivity contribution in [2.75, 3.05) is 0 Å². The zero-order valence-electron chi connectivity index (χ0n) is 14.9. The number of aromatic nitrogens is 7. The van der Waals surface area contributed by atoms with Crippen molar-refractivity contribution in [1.82, 2.24) is 34.3 Å². The highest BCUT2D eigenvalue weighted by atomic mass is 35.5. The summed E-state index contributed by atoms with van der Waals surface area (Å²) in [6.07, 6.45) is 7.10. The van der Waals surface area contributed by atoms with Gasteiger partial charge in [0.2, 0.25) is 0 Å². The van der Waals surface area contributed by atoms with Crippen LogP contribution >= 0.6 is 23.8 Å². The lowest BCUT2D eigenvalue weighted by Crippen LogP contribution is -2.13. The summed E-state index contributed by atoms with van der Waals surface area (Å²) in [6, 6.07) is 8.26. The molecule has 0 saturated heterocycles. The Morgan fingerprint density at radius 3 is 2.63 bits per heavy atom. The molecule has 7 nitrogen and oxygen atoms in total. The third-order valence-electron chi connectivity index (χ3n) is 4.38. The number of H-pyrrole nitrogens is 1. The Bertz CT molecular complexity index is 1120. The molecule has 9 heteroatoms. The number of rotatable bonds is 5. The SMILES string of the molecule is Cc1ccc(Cn2cc(-n3c(C(C)n4cc(Cl)cn4)n[nH]c3=S)cn2)cc1. The van der Waals surface area contributed by atoms with Crippen LogP contribution in [-0.2, 0) is 6.54 Å². The van der Waals surface area contributed by atoms with E-state index in [1.807, 2.05) is 22.4 Å². The van der Waals surface area contributed by atoms with Crippen molar-refractivity contribution < 1.29 is 0 Å². The van der Waals surface area contributed by atoms with Crippen LogP contribution in [0.5, 0.6) is 0 Å². The topological polar surface area (TPSA) is 69.2 Å². The minimum atomic E-state index is -0.147. The van der Waals surface area contributed by atoms with Crippen LogP contribution in [0.15, 0.2) is 49.1 Å². The number of nitrogens with zero attached hydrogens (tertiary/aromatic N) is 6. The van der Waals surface area contributed by atoms with Gasteiger partial charge < -0.3 is 0 Å². The Kier molecular flexibility index (Phi) is 4.67. The molecular weight excluding hydrogens is 382 g/mol. The van der Waals surface area contributed by atoms with Crippen LogP contribution in [0.3, 0.4) is 0 Å². The molecule has 138 valence electrons. The van der Waals surface area contributed by atoms with E-state index in [2.05, 4.69) is 51.6 Å². The summed E-state index contributed by atoms with van der Waals surface area (Å²) in [4.78, 5) is 0. The quantitative estimate of drug-likeness (QED) is 0.516. The first-order valence-electron chi connectivity index (χ1n) is 8.46. The summed E-state index contributed by atoms with van der Waals surface area (Å²) < 4.78 is 6.01. The molecule has 1 N–H and O–H groups in total. The number of nitrogens with one attached hydrogen (secondary N) is 1. The highest BCUT2D eigenvalue weighted by Gasteiger charge is 2.19. The molecule has 0 radical (unpaired) electrons. The molecule has 1 unspecified atom stereocenters. The van der Waals surface area contributed by atoms with Gasteiger partial charge in [0.15, 0.2) is 10.6 Å². The zero-order chi connectivity index (χ0) is 19.0. The maximum atomic E-state index is 5.99. The van der Waals surface area contributed by atoms with E-state index in [0.717, 1.165) is 11.5 Å². The van der Waals surface area contributed by atoms with E-state index in [4.69, 9.17) is 23.8 Å². The fourth-order valence-electron chi connectivity index (χ4n) is 2.92. The van der Waals surface area contributed by atoms with Crippen LogP contribution in [0.2, 0.25) is 5.02 Å². The second kappa shape index (κ2) is 7.13. The van der Waals surface area contributed by atoms with E-state index in [1.165, 1.54) is 11.1 Å². The normalized spacial score (nSPS) is 12.4. The summed E-state index contributed by atoms with van der Waals surface area (Å²) in [5.74, 6) is 0.731. The van der Waals surface area contributed by atoms with Gasteiger partial charge in [-0.15, -0.1) is 0 Å². The Morgan fingerprint density at radius 1 is 1.15 bits per heavy atom. The number of halogens is 1. The number of aromatic amines is 1. The molecule has 3 heterocycles. The maximum Gasteiger partial charge on any atom is 0.200 e. The van der Waals surface area contributed by atoms with Crippen molar-refractivity contribution >= 4 is 23.8 Å². The first kappa shape index (κ1) is 17.7. The Labute approximate surface area is 166 Å². The molecule has 3 aromatic heterocycles. The lowest BCUT2D eigenvalue weighted by atomic mass is 10.1. The van der Waals surface area contributed by atoms with Gasteiger partial charge >= 0.3 is 0 Å². The summed E-state index contributed by atoms with van der Waals surface area (Å²) >= 11 is 11.4. The smallest absolute Gasteiger partial charge is 0.200 e. The van der Waals surface area contributed by atoms with Gasteiger partial charge in [0.25, 0.3) is 0 Å². The predicted molar refractivity (Wildman–Crippen MR) is 106 cm³/mol. The highest BCUT2D eigenvalue weighted by molar-refractivity contribution is 7.71. The number of hydrogen-bond acceptors (Lipinski definition) is 4. The van der Waals surface area contributed by atoms with E-state index in [9.17, 15) is 0 Å². The van der Waals surface area contributed by atoms with Crippen LogP contribution in [0, 0.1) is 11.7 Å². The zero-order valence-corrected chi connectivity index (χ0v) is 16.4. The van der Waals surface area contributed by atoms with Crippen molar-refractivity contribution in [1.29, 1.82) is 0 Å². The number of hydrogen-bond donors (Lipinski definition) is 1. The molecule has 4 rings (SSSR count). The van der Waals surface area contributed by atoms with E-state index in [0.29, 0.717) is 16.3 Å². The van der Waals surface area contributed by atoms with E-state index >= 15 is 0 Å². The largest absolute Gasteiger partial charge is 0.267 e. The number of benzene rings is 1. The number of aryl methyl sites for hydroxylation is 1. The van der Waals surface area contributed by atoms with Gasteiger partial charge in [-0.25, -0.2) is 0 Å². The fraction of sp³-hybridized carbons (Fsp3) is 0.222. The minimum Gasteiger partial charge on any atom is -0.267 e. The van der Waals surface area contributed by atoms with Gasteiger partial charge in [0, 0.05) is 12.4 Å². The molecular formula is C18H18ClN7S. The second-order valence-electron chi connectivity index (χ2n) is 6.42. The van der Waals surface area contributed by atoms with Crippen LogP contribution in [0.25, 0.3) is 5.69 Å². The maximum absolute atomic E-state index is 5.99. The van der Waals surface area contributed by atoms with Crippen LogP contribution in [0.1, 0.15) is 29.9 Å².